The second-order valence-electron chi connectivity index (χ2n) is 3.79. The van der Waals surface area contributed by atoms with Crippen molar-refractivity contribution < 1.29 is 9.53 Å². The fourth-order valence-electron chi connectivity index (χ4n) is 2.11. The normalized spacial score (nSPS) is 23.6. The van der Waals surface area contributed by atoms with E-state index in [-0.39, 0.29) is 17.9 Å². The smallest absolute Gasteiger partial charge is 0.311 e. The van der Waals surface area contributed by atoms with Crippen molar-refractivity contribution in [1.82, 2.24) is 0 Å². The Labute approximate surface area is 89.2 Å². The van der Waals surface area contributed by atoms with E-state index >= 15 is 0 Å². The molecule has 0 aliphatic heterocycles. The van der Waals surface area contributed by atoms with E-state index in [1.807, 2.05) is 31.2 Å². The highest BCUT2D eigenvalue weighted by molar-refractivity contribution is 5.75. The molecule has 1 aliphatic rings. The number of nitrogens with two attached hydrogens (primary N) is 1. The van der Waals surface area contributed by atoms with Gasteiger partial charge in [-0.3, -0.25) is 4.79 Å². The Morgan fingerprint density at radius 2 is 2.27 bits per heavy atom. The predicted octanol–water partition coefficient (Wildman–Crippen LogP) is 1.42. The minimum Gasteiger partial charge on any atom is -0.466 e. The van der Waals surface area contributed by atoms with Gasteiger partial charge in [0.05, 0.1) is 12.5 Å². The Morgan fingerprint density at radius 3 is 2.93 bits per heavy atom. The zero-order valence-electron chi connectivity index (χ0n) is 8.77. The van der Waals surface area contributed by atoms with Crippen LogP contribution in [-0.2, 0) is 16.0 Å². The topological polar surface area (TPSA) is 52.3 Å². The third kappa shape index (κ3) is 1.75. The van der Waals surface area contributed by atoms with Crippen LogP contribution in [0.4, 0.5) is 0 Å². The molecule has 2 rings (SSSR count). The molecule has 0 fully saturated rings. The molecular formula is C12H15NO2. The number of ether oxygens (including phenoxy) is 1. The van der Waals surface area contributed by atoms with E-state index in [1.54, 1.807) is 0 Å². The van der Waals surface area contributed by atoms with Crippen LogP contribution >= 0.6 is 0 Å². The van der Waals surface area contributed by atoms with E-state index in [9.17, 15) is 4.79 Å². The summed E-state index contributed by atoms with van der Waals surface area (Å²) in [4.78, 5) is 11.6. The van der Waals surface area contributed by atoms with Crippen molar-refractivity contribution in [3.63, 3.8) is 0 Å². The van der Waals surface area contributed by atoms with Crippen LogP contribution < -0.4 is 5.73 Å². The maximum atomic E-state index is 11.6. The standard InChI is InChI=1S/C12H15NO2/c1-2-15-12(14)10-7-8-5-3-4-6-9(8)11(10)13/h3-6,10-11H,2,7,13H2,1H3/t10-,11+/m0/s1. The first-order chi connectivity index (χ1) is 7.24. The van der Waals surface area contributed by atoms with Gasteiger partial charge in [-0.1, -0.05) is 24.3 Å². The van der Waals surface area contributed by atoms with Gasteiger partial charge in [-0.2, -0.15) is 0 Å². The first kappa shape index (κ1) is 10.2. The number of benzene rings is 1. The highest BCUT2D eigenvalue weighted by atomic mass is 16.5. The summed E-state index contributed by atoms with van der Waals surface area (Å²) in [5, 5.41) is 0. The molecule has 1 aromatic rings. The summed E-state index contributed by atoms with van der Waals surface area (Å²) in [6, 6.07) is 7.72. The third-order valence-corrected chi connectivity index (χ3v) is 2.88. The average Bonchev–Trinajstić information content (AvgIpc) is 2.57. The van der Waals surface area contributed by atoms with Gasteiger partial charge in [0.25, 0.3) is 0 Å². The van der Waals surface area contributed by atoms with E-state index in [4.69, 9.17) is 10.5 Å². The summed E-state index contributed by atoms with van der Waals surface area (Å²) in [7, 11) is 0. The Balaban J connectivity index is 2.19. The molecule has 2 atom stereocenters. The number of carbonyl (C=O) groups is 1. The number of esters is 1. The zero-order valence-corrected chi connectivity index (χ0v) is 8.77. The summed E-state index contributed by atoms with van der Waals surface area (Å²) >= 11 is 0. The number of hydrogen-bond donors (Lipinski definition) is 1. The minimum absolute atomic E-state index is 0.179. The van der Waals surface area contributed by atoms with Crippen LogP contribution in [0.1, 0.15) is 24.1 Å². The van der Waals surface area contributed by atoms with Gasteiger partial charge in [-0.05, 0) is 24.5 Å². The molecule has 3 nitrogen and oxygen atoms in total. The van der Waals surface area contributed by atoms with Gasteiger partial charge in [0.15, 0.2) is 0 Å². The van der Waals surface area contributed by atoms with Crippen molar-refractivity contribution in [1.29, 1.82) is 0 Å². The maximum Gasteiger partial charge on any atom is 0.311 e. The molecule has 0 spiro atoms. The largest absolute Gasteiger partial charge is 0.466 e. The van der Waals surface area contributed by atoms with E-state index < -0.39 is 0 Å². The van der Waals surface area contributed by atoms with Gasteiger partial charge >= 0.3 is 5.97 Å². The number of carbonyl (C=O) groups excluding carboxylic acids is 1. The lowest BCUT2D eigenvalue weighted by molar-refractivity contribution is -0.148. The van der Waals surface area contributed by atoms with Gasteiger partial charge in [-0.15, -0.1) is 0 Å². The summed E-state index contributed by atoms with van der Waals surface area (Å²) in [6.45, 7) is 2.23. The van der Waals surface area contributed by atoms with Gasteiger partial charge in [0.1, 0.15) is 0 Å². The second-order valence-corrected chi connectivity index (χ2v) is 3.79. The van der Waals surface area contributed by atoms with Crippen LogP contribution in [-0.4, -0.2) is 12.6 Å². The first-order valence-corrected chi connectivity index (χ1v) is 5.24. The van der Waals surface area contributed by atoms with Crippen LogP contribution in [0.25, 0.3) is 0 Å². The van der Waals surface area contributed by atoms with E-state index in [0.717, 1.165) is 5.56 Å². The molecule has 0 amide bonds. The molecule has 2 N–H and O–H groups in total. The van der Waals surface area contributed by atoms with Crippen molar-refractivity contribution in [3.05, 3.63) is 35.4 Å². The Bertz CT molecular complexity index is 376. The zero-order chi connectivity index (χ0) is 10.8. The molecule has 80 valence electrons. The molecule has 0 bridgehead atoms. The summed E-state index contributed by atoms with van der Waals surface area (Å²) < 4.78 is 5.01. The van der Waals surface area contributed by atoms with Crippen LogP contribution in [0.2, 0.25) is 0 Å². The summed E-state index contributed by atoms with van der Waals surface area (Å²) in [5.74, 6) is -0.386. The summed E-state index contributed by atoms with van der Waals surface area (Å²) in [6.07, 6.45) is 0.705. The first-order valence-electron chi connectivity index (χ1n) is 5.24. The number of hydrogen-bond acceptors (Lipinski definition) is 3. The highest BCUT2D eigenvalue weighted by Gasteiger charge is 2.35. The summed E-state index contributed by atoms with van der Waals surface area (Å²) in [5.41, 5.74) is 8.27. The van der Waals surface area contributed by atoms with Gasteiger partial charge in [-0.25, -0.2) is 0 Å². The highest BCUT2D eigenvalue weighted by Crippen LogP contribution is 2.34. The SMILES string of the molecule is CCOC(=O)[C@H]1Cc2ccccc2[C@H]1N. The lowest BCUT2D eigenvalue weighted by atomic mass is 10.0. The molecular weight excluding hydrogens is 190 g/mol. The van der Waals surface area contributed by atoms with Crippen LogP contribution in [0.3, 0.4) is 0 Å². The van der Waals surface area contributed by atoms with E-state index in [1.165, 1.54) is 5.56 Å². The van der Waals surface area contributed by atoms with E-state index in [0.29, 0.717) is 13.0 Å². The number of fused-ring (bicyclic) bond motifs is 1. The third-order valence-electron chi connectivity index (χ3n) is 2.88. The fraction of sp³-hybridized carbons (Fsp3) is 0.417. The predicted molar refractivity (Wildman–Crippen MR) is 57.2 cm³/mol. The van der Waals surface area contributed by atoms with Gasteiger partial charge in [0.2, 0.25) is 0 Å². The Morgan fingerprint density at radius 1 is 1.53 bits per heavy atom. The Hall–Kier alpha value is -1.35. The molecule has 15 heavy (non-hydrogen) atoms. The van der Waals surface area contributed by atoms with Crippen LogP contribution in [0.5, 0.6) is 0 Å². The Kier molecular flexibility index (Phi) is 2.73. The lowest BCUT2D eigenvalue weighted by Gasteiger charge is -2.13. The van der Waals surface area contributed by atoms with Crippen molar-refractivity contribution >= 4 is 5.97 Å². The van der Waals surface area contributed by atoms with Crippen LogP contribution in [0.15, 0.2) is 24.3 Å². The molecule has 0 saturated heterocycles. The maximum absolute atomic E-state index is 11.6. The molecule has 0 unspecified atom stereocenters. The lowest BCUT2D eigenvalue weighted by Crippen LogP contribution is -2.26. The van der Waals surface area contributed by atoms with Gasteiger partial charge in [0, 0.05) is 6.04 Å². The molecule has 0 radical (unpaired) electrons. The molecule has 3 heteroatoms. The molecule has 0 heterocycles. The quantitative estimate of drug-likeness (QED) is 0.743. The van der Waals surface area contributed by atoms with Crippen molar-refractivity contribution in [2.24, 2.45) is 11.7 Å². The average molecular weight is 205 g/mol. The number of rotatable bonds is 2. The van der Waals surface area contributed by atoms with Gasteiger partial charge < -0.3 is 10.5 Å². The van der Waals surface area contributed by atoms with Crippen molar-refractivity contribution in [3.8, 4) is 0 Å². The molecule has 0 aromatic heterocycles. The monoisotopic (exact) mass is 205 g/mol. The minimum atomic E-state index is -0.208. The molecule has 0 saturated carbocycles. The molecule has 1 aliphatic carbocycles. The van der Waals surface area contributed by atoms with E-state index in [2.05, 4.69) is 0 Å². The second kappa shape index (κ2) is 4.03. The van der Waals surface area contributed by atoms with Crippen LogP contribution in [0, 0.1) is 5.92 Å². The fourth-order valence-corrected chi connectivity index (χ4v) is 2.11. The molecule has 1 aromatic carbocycles. The van der Waals surface area contributed by atoms with Crippen molar-refractivity contribution in [2.45, 2.75) is 19.4 Å². The van der Waals surface area contributed by atoms with Crippen molar-refractivity contribution in [2.75, 3.05) is 6.61 Å².